The largest absolute Gasteiger partial charge is 0.398 e. The molecule has 2 aromatic carbocycles. The summed E-state index contributed by atoms with van der Waals surface area (Å²) < 4.78 is 0. The number of nitrogens with zero attached hydrogens (tertiary/aromatic N) is 2. The van der Waals surface area contributed by atoms with E-state index >= 15 is 0 Å². The third kappa shape index (κ3) is 3.14. The maximum atomic E-state index is 5.80. The minimum Gasteiger partial charge on any atom is -0.398 e. The van der Waals surface area contributed by atoms with Crippen LogP contribution in [-0.4, -0.2) is 9.97 Å². The monoisotopic (exact) mass is 301 g/mol. The standard InChI is InChI=1S/C10H10N2.C10H9N/c1-7-8-3-2-4-10(11)9(8)5-6-12-7;1-8-10-5-3-2-4-9(10)6-7-11-8/h2-6H,11H2,1H3;2-7H,1H3. The summed E-state index contributed by atoms with van der Waals surface area (Å²) in [5.41, 5.74) is 8.74. The zero-order valence-corrected chi connectivity index (χ0v) is 13.3. The van der Waals surface area contributed by atoms with Gasteiger partial charge in [0.25, 0.3) is 0 Å². The molecule has 0 bridgehead atoms. The number of benzene rings is 2. The lowest BCUT2D eigenvalue weighted by Gasteiger charge is -2.02. The Morgan fingerprint density at radius 3 is 2.04 bits per heavy atom. The van der Waals surface area contributed by atoms with Gasteiger partial charge in [-0.05, 0) is 37.4 Å². The van der Waals surface area contributed by atoms with Crippen LogP contribution in [0.1, 0.15) is 11.4 Å². The summed E-state index contributed by atoms with van der Waals surface area (Å²) in [6.07, 6.45) is 3.63. The topological polar surface area (TPSA) is 51.8 Å². The Kier molecular flexibility index (Phi) is 4.20. The van der Waals surface area contributed by atoms with Crippen LogP contribution < -0.4 is 5.73 Å². The molecule has 0 saturated heterocycles. The van der Waals surface area contributed by atoms with Gasteiger partial charge in [-0.3, -0.25) is 9.97 Å². The van der Waals surface area contributed by atoms with Crippen LogP contribution in [0.25, 0.3) is 21.5 Å². The predicted octanol–water partition coefficient (Wildman–Crippen LogP) is 4.67. The van der Waals surface area contributed by atoms with Crippen LogP contribution in [0.4, 0.5) is 5.69 Å². The van der Waals surface area contributed by atoms with Gasteiger partial charge < -0.3 is 5.73 Å². The number of fused-ring (bicyclic) bond motifs is 2. The van der Waals surface area contributed by atoms with E-state index in [0.29, 0.717) is 0 Å². The van der Waals surface area contributed by atoms with E-state index < -0.39 is 0 Å². The summed E-state index contributed by atoms with van der Waals surface area (Å²) in [6.45, 7) is 4.02. The number of hydrogen-bond donors (Lipinski definition) is 1. The molecule has 0 amide bonds. The average Bonchev–Trinajstić information content (AvgIpc) is 2.57. The minimum absolute atomic E-state index is 0.818. The van der Waals surface area contributed by atoms with Crippen molar-refractivity contribution >= 4 is 27.2 Å². The molecule has 0 aliphatic heterocycles. The number of aryl methyl sites for hydroxylation is 2. The zero-order valence-electron chi connectivity index (χ0n) is 13.3. The fourth-order valence-corrected chi connectivity index (χ4v) is 2.65. The summed E-state index contributed by atoms with van der Waals surface area (Å²) in [5, 5.41) is 4.73. The van der Waals surface area contributed by atoms with Crippen molar-refractivity contribution in [1.29, 1.82) is 0 Å². The molecule has 4 rings (SSSR count). The van der Waals surface area contributed by atoms with Crippen LogP contribution in [-0.2, 0) is 0 Å². The molecule has 23 heavy (non-hydrogen) atoms. The first kappa shape index (κ1) is 15.0. The van der Waals surface area contributed by atoms with Crippen molar-refractivity contribution in [1.82, 2.24) is 9.97 Å². The molecule has 4 aromatic rings. The number of rotatable bonds is 0. The molecule has 0 fully saturated rings. The van der Waals surface area contributed by atoms with E-state index in [-0.39, 0.29) is 0 Å². The lowest BCUT2D eigenvalue weighted by atomic mass is 10.1. The summed E-state index contributed by atoms with van der Waals surface area (Å²) in [6, 6.07) is 18.1. The second-order valence-corrected chi connectivity index (χ2v) is 5.46. The molecule has 114 valence electrons. The van der Waals surface area contributed by atoms with E-state index in [2.05, 4.69) is 22.1 Å². The maximum Gasteiger partial charge on any atom is 0.0451 e. The molecule has 3 heteroatoms. The van der Waals surface area contributed by atoms with Gasteiger partial charge in [-0.2, -0.15) is 0 Å². The zero-order chi connectivity index (χ0) is 16.2. The fourth-order valence-electron chi connectivity index (χ4n) is 2.65. The lowest BCUT2D eigenvalue weighted by molar-refractivity contribution is 1.24. The van der Waals surface area contributed by atoms with Crippen molar-refractivity contribution in [3.8, 4) is 0 Å². The molecular formula is C20H19N3. The smallest absolute Gasteiger partial charge is 0.0451 e. The number of nitrogen functional groups attached to an aromatic ring is 1. The van der Waals surface area contributed by atoms with Gasteiger partial charge in [-0.25, -0.2) is 0 Å². The highest BCUT2D eigenvalue weighted by Gasteiger charge is 1.98. The molecule has 2 aromatic heterocycles. The number of nitrogens with two attached hydrogens (primary N) is 1. The third-order valence-corrected chi connectivity index (χ3v) is 3.91. The molecule has 0 aliphatic rings. The van der Waals surface area contributed by atoms with Crippen molar-refractivity contribution in [2.45, 2.75) is 13.8 Å². The predicted molar refractivity (Wildman–Crippen MR) is 97.4 cm³/mol. The molecule has 3 nitrogen and oxygen atoms in total. The normalized spacial score (nSPS) is 10.3. The number of aromatic nitrogens is 2. The maximum absolute atomic E-state index is 5.80. The Labute approximate surface area is 135 Å². The van der Waals surface area contributed by atoms with Gasteiger partial charge in [0.05, 0.1) is 0 Å². The first-order valence-corrected chi connectivity index (χ1v) is 7.57. The van der Waals surface area contributed by atoms with Crippen LogP contribution in [0.15, 0.2) is 67.0 Å². The highest BCUT2D eigenvalue weighted by atomic mass is 14.7. The van der Waals surface area contributed by atoms with Crippen LogP contribution in [0.3, 0.4) is 0 Å². The molecule has 0 unspecified atom stereocenters. The van der Waals surface area contributed by atoms with Crippen LogP contribution >= 0.6 is 0 Å². The molecule has 0 radical (unpaired) electrons. The Bertz CT molecular complexity index is 914. The fraction of sp³-hybridized carbons (Fsp3) is 0.100. The van der Waals surface area contributed by atoms with Gasteiger partial charge in [0.1, 0.15) is 0 Å². The molecule has 0 spiro atoms. The number of hydrogen-bond acceptors (Lipinski definition) is 3. The second-order valence-electron chi connectivity index (χ2n) is 5.46. The van der Waals surface area contributed by atoms with Crippen molar-refractivity contribution in [2.75, 3.05) is 5.73 Å². The minimum atomic E-state index is 0.818. The first-order valence-electron chi connectivity index (χ1n) is 7.57. The summed E-state index contributed by atoms with van der Waals surface area (Å²) in [5.74, 6) is 0. The van der Waals surface area contributed by atoms with Gasteiger partial charge in [0.2, 0.25) is 0 Å². The lowest BCUT2D eigenvalue weighted by Crippen LogP contribution is -1.89. The van der Waals surface area contributed by atoms with E-state index in [1.807, 2.05) is 62.5 Å². The van der Waals surface area contributed by atoms with Gasteiger partial charge in [-0.15, -0.1) is 0 Å². The molecule has 2 heterocycles. The quantitative estimate of drug-likeness (QED) is 0.480. The van der Waals surface area contributed by atoms with Crippen molar-refractivity contribution in [3.63, 3.8) is 0 Å². The SMILES string of the molecule is Cc1nccc2c(N)cccc12.Cc1nccc2ccccc12. The Hall–Kier alpha value is -2.94. The summed E-state index contributed by atoms with van der Waals surface area (Å²) >= 11 is 0. The van der Waals surface area contributed by atoms with Gasteiger partial charge in [0.15, 0.2) is 0 Å². The van der Waals surface area contributed by atoms with E-state index in [9.17, 15) is 0 Å². The van der Waals surface area contributed by atoms with E-state index in [1.54, 1.807) is 6.20 Å². The summed E-state index contributed by atoms with van der Waals surface area (Å²) in [4.78, 5) is 8.40. The highest BCUT2D eigenvalue weighted by molar-refractivity contribution is 5.93. The summed E-state index contributed by atoms with van der Waals surface area (Å²) in [7, 11) is 0. The molecule has 0 atom stereocenters. The third-order valence-electron chi connectivity index (χ3n) is 3.91. The van der Waals surface area contributed by atoms with E-state index in [4.69, 9.17) is 5.73 Å². The molecule has 0 aliphatic carbocycles. The van der Waals surface area contributed by atoms with Crippen LogP contribution in [0.2, 0.25) is 0 Å². The van der Waals surface area contributed by atoms with Gasteiger partial charge in [0, 0.05) is 45.6 Å². The highest BCUT2D eigenvalue weighted by Crippen LogP contribution is 2.21. The Balaban J connectivity index is 0.000000136. The molecular weight excluding hydrogens is 282 g/mol. The van der Waals surface area contributed by atoms with Gasteiger partial charge >= 0.3 is 0 Å². The van der Waals surface area contributed by atoms with Crippen molar-refractivity contribution < 1.29 is 0 Å². The Morgan fingerprint density at radius 2 is 1.30 bits per heavy atom. The average molecular weight is 301 g/mol. The van der Waals surface area contributed by atoms with E-state index in [0.717, 1.165) is 27.8 Å². The van der Waals surface area contributed by atoms with Crippen molar-refractivity contribution in [3.05, 3.63) is 78.4 Å². The molecule has 2 N–H and O–H groups in total. The molecule has 0 saturated carbocycles. The first-order chi connectivity index (χ1) is 11.2. The van der Waals surface area contributed by atoms with Gasteiger partial charge in [-0.1, -0.05) is 36.4 Å². The number of pyridine rings is 2. The van der Waals surface area contributed by atoms with E-state index in [1.165, 1.54) is 10.8 Å². The number of anilines is 1. The Morgan fingerprint density at radius 1 is 0.652 bits per heavy atom. The van der Waals surface area contributed by atoms with Crippen LogP contribution in [0.5, 0.6) is 0 Å². The van der Waals surface area contributed by atoms with Crippen LogP contribution in [0, 0.1) is 13.8 Å². The second kappa shape index (κ2) is 6.44. The van der Waals surface area contributed by atoms with Crippen molar-refractivity contribution in [2.24, 2.45) is 0 Å².